The molecule has 0 N–H and O–H groups in total. The van der Waals surface area contributed by atoms with Crippen LogP contribution in [-0.4, -0.2) is 20.0 Å². The van der Waals surface area contributed by atoms with Gasteiger partial charge in [0.05, 0.1) is 0 Å². The molecule has 0 heterocycles. The monoisotopic (exact) mass is 202 g/mol. The highest BCUT2D eigenvalue weighted by Gasteiger charge is 2.04. The van der Waals surface area contributed by atoms with Crippen molar-refractivity contribution in [3.8, 4) is 0 Å². The Bertz CT molecular complexity index is 104. The van der Waals surface area contributed by atoms with Crippen LogP contribution in [0.2, 0.25) is 0 Å². The fraction of sp³-hybridized carbons (Fsp3) is 1.00. The minimum Gasteiger partial charge on any atom is -0.356 e. The van der Waals surface area contributed by atoms with Gasteiger partial charge in [-0.05, 0) is 19.8 Å². The molecule has 0 spiro atoms. The summed E-state index contributed by atoms with van der Waals surface area (Å²) in [7, 11) is 1.72. The Hall–Kier alpha value is -0.0800. The molecule has 0 aromatic rings. The van der Waals surface area contributed by atoms with Crippen molar-refractivity contribution >= 4 is 0 Å². The maximum absolute atomic E-state index is 5.40. The van der Waals surface area contributed by atoms with Crippen molar-refractivity contribution in [1.29, 1.82) is 0 Å². The van der Waals surface area contributed by atoms with Gasteiger partial charge in [0, 0.05) is 13.7 Å². The van der Waals surface area contributed by atoms with Crippen molar-refractivity contribution in [2.45, 2.75) is 65.1 Å². The highest BCUT2D eigenvalue weighted by molar-refractivity contribution is 4.48. The van der Waals surface area contributed by atoms with Crippen LogP contribution in [0, 0.1) is 0 Å². The number of rotatable bonds is 10. The van der Waals surface area contributed by atoms with E-state index in [9.17, 15) is 0 Å². The fourth-order valence-electron chi connectivity index (χ4n) is 1.55. The Morgan fingerprint density at radius 2 is 1.57 bits per heavy atom. The molecule has 0 saturated carbocycles. The van der Waals surface area contributed by atoms with Crippen LogP contribution in [0.5, 0.6) is 0 Å². The Balaban J connectivity index is 3.15. The zero-order valence-corrected chi connectivity index (χ0v) is 10.1. The lowest BCUT2D eigenvalue weighted by Crippen LogP contribution is -2.14. The van der Waals surface area contributed by atoms with Crippen molar-refractivity contribution < 1.29 is 9.47 Å². The van der Waals surface area contributed by atoms with E-state index in [1.54, 1.807) is 7.11 Å². The Morgan fingerprint density at radius 3 is 2.14 bits per heavy atom. The number of methoxy groups -OCH3 is 1. The summed E-state index contributed by atoms with van der Waals surface area (Å²) in [4.78, 5) is 0. The molecule has 14 heavy (non-hydrogen) atoms. The van der Waals surface area contributed by atoms with Crippen LogP contribution >= 0.6 is 0 Å². The number of hydrogen-bond donors (Lipinski definition) is 0. The maximum Gasteiger partial charge on any atom is 0.157 e. The van der Waals surface area contributed by atoms with Crippen LogP contribution in [0.4, 0.5) is 0 Å². The van der Waals surface area contributed by atoms with Crippen LogP contribution in [0.25, 0.3) is 0 Å². The molecule has 2 nitrogen and oxygen atoms in total. The minimum absolute atomic E-state index is 0.0196. The lowest BCUT2D eigenvalue weighted by Gasteiger charge is -2.14. The Labute approximate surface area is 89.0 Å². The average Bonchev–Trinajstić information content (AvgIpc) is 2.21. The molecular weight excluding hydrogens is 176 g/mol. The third-order valence-electron chi connectivity index (χ3n) is 2.41. The predicted octanol–water partition coefficient (Wildman–Crippen LogP) is 3.75. The summed E-state index contributed by atoms with van der Waals surface area (Å²) in [5.74, 6) is 0. The first-order valence-corrected chi connectivity index (χ1v) is 5.99. The van der Waals surface area contributed by atoms with Crippen molar-refractivity contribution in [1.82, 2.24) is 0 Å². The third-order valence-corrected chi connectivity index (χ3v) is 2.41. The van der Waals surface area contributed by atoms with Crippen LogP contribution < -0.4 is 0 Å². The number of hydrogen-bond acceptors (Lipinski definition) is 2. The molecule has 0 aliphatic rings. The first-order valence-electron chi connectivity index (χ1n) is 5.99. The standard InChI is InChI=1S/C12H26O2/c1-4-6-7-8-9-10-11-12(13-3)14-5-2/h12H,4-11H2,1-3H3. The summed E-state index contributed by atoms with van der Waals surface area (Å²) in [6, 6.07) is 0. The highest BCUT2D eigenvalue weighted by atomic mass is 16.7. The van der Waals surface area contributed by atoms with Crippen LogP contribution in [0.3, 0.4) is 0 Å². The van der Waals surface area contributed by atoms with Gasteiger partial charge in [-0.3, -0.25) is 0 Å². The van der Waals surface area contributed by atoms with E-state index in [1.807, 2.05) is 6.92 Å². The summed E-state index contributed by atoms with van der Waals surface area (Å²) in [6.45, 7) is 5.00. The molecule has 0 fully saturated rings. The molecule has 86 valence electrons. The van der Waals surface area contributed by atoms with E-state index in [-0.39, 0.29) is 6.29 Å². The summed E-state index contributed by atoms with van der Waals surface area (Å²) < 4.78 is 10.6. The van der Waals surface area contributed by atoms with Gasteiger partial charge in [-0.15, -0.1) is 0 Å². The van der Waals surface area contributed by atoms with Crippen LogP contribution in [-0.2, 0) is 9.47 Å². The predicted molar refractivity (Wildman–Crippen MR) is 60.4 cm³/mol. The summed E-state index contributed by atoms with van der Waals surface area (Å²) in [6.07, 6.45) is 9.02. The second-order valence-corrected chi connectivity index (χ2v) is 3.68. The molecule has 0 aromatic heterocycles. The topological polar surface area (TPSA) is 18.5 Å². The van der Waals surface area contributed by atoms with Crippen molar-refractivity contribution in [3.63, 3.8) is 0 Å². The first-order chi connectivity index (χ1) is 6.85. The molecule has 0 amide bonds. The third kappa shape index (κ3) is 8.52. The molecule has 0 aliphatic heterocycles. The molecule has 0 aliphatic carbocycles. The van der Waals surface area contributed by atoms with E-state index in [2.05, 4.69) is 6.92 Å². The molecule has 0 bridgehead atoms. The molecule has 0 saturated heterocycles. The first kappa shape index (κ1) is 13.9. The maximum atomic E-state index is 5.40. The normalized spacial score (nSPS) is 13.1. The van der Waals surface area contributed by atoms with Gasteiger partial charge in [0.2, 0.25) is 0 Å². The molecule has 1 unspecified atom stereocenters. The van der Waals surface area contributed by atoms with Gasteiger partial charge in [0.15, 0.2) is 6.29 Å². The second-order valence-electron chi connectivity index (χ2n) is 3.68. The van der Waals surface area contributed by atoms with Crippen molar-refractivity contribution in [2.24, 2.45) is 0 Å². The lowest BCUT2D eigenvalue weighted by atomic mass is 10.1. The smallest absolute Gasteiger partial charge is 0.157 e. The van der Waals surface area contributed by atoms with Crippen LogP contribution in [0.15, 0.2) is 0 Å². The summed E-state index contributed by atoms with van der Waals surface area (Å²) in [5, 5.41) is 0. The second kappa shape index (κ2) is 11.0. The molecule has 2 heteroatoms. The summed E-state index contributed by atoms with van der Waals surface area (Å²) in [5.41, 5.74) is 0. The zero-order valence-electron chi connectivity index (χ0n) is 10.1. The molecular formula is C12H26O2. The molecule has 0 rings (SSSR count). The average molecular weight is 202 g/mol. The Morgan fingerprint density at radius 1 is 0.929 bits per heavy atom. The summed E-state index contributed by atoms with van der Waals surface area (Å²) >= 11 is 0. The van der Waals surface area contributed by atoms with E-state index < -0.39 is 0 Å². The molecule has 0 aromatic carbocycles. The van der Waals surface area contributed by atoms with Crippen LogP contribution in [0.1, 0.15) is 58.8 Å². The SMILES string of the molecule is CCCCCCCCC(OC)OCC. The van der Waals surface area contributed by atoms with Gasteiger partial charge >= 0.3 is 0 Å². The number of unbranched alkanes of at least 4 members (excludes halogenated alkanes) is 5. The Kier molecular flexibility index (Phi) is 10.9. The van der Waals surface area contributed by atoms with E-state index >= 15 is 0 Å². The largest absolute Gasteiger partial charge is 0.356 e. The van der Waals surface area contributed by atoms with Gasteiger partial charge in [-0.25, -0.2) is 0 Å². The van der Waals surface area contributed by atoms with Gasteiger partial charge in [-0.2, -0.15) is 0 Å². The quantitative estimate of drug-likeness (QED) is 0.397. The lowest BCUT2D eigenvalue weighted by molar-refractivity contribution is -0.124. The van der Waals surface area contributed by atoms with Gasteiger partial charge in [0.1, 0.15) is 0 Å². The van der Waals surface area contributed by atoms with E-state index in [0.29, 0.717) is 0 Å². The van der Waals surface area contributed by atoms with Crippen molar-refractivity contribution in [2.75, 3.05) is 13.7 Å². The highest BCUT2D eigenvalue weighted by Crippen LogP contribution is 2.10. The van der Waals surface area contributed by atoms with Gasteiger partial charge in [0.25, 0.3) is 0 Å². The van der Waals surface area contributed by atoms with Gasteiger partial charge < -0.3 is 9.47 Å². The zero-order chi connectivity index (χ0) is 10.6. The van der Waals surface area contributed by atoms with Gasteiger partial charge in [-0.1, -0.05) is 39.0 Å². The molecule has 1 atom stereocenters. The minimum atomic E-state index is 0.0196. The fourth-order valence-corrected chi connectivity index (χ4v) is 1.55. The van der Waals surface area contributed by atoms with E-state index in [0.717, 1.165) is 13.0 Å². The number of ether oxygens (including phenoxy) is 2. The van der Waals surface area contributed by atoms with E-state index in [1.165, 1.54) is 38.5 Å². The van der Waals surface area contributed by atoms with E-state index in [4.69, 9.17) is 9.47 Å². The molecule has 0 radical (unpaired) electrons. The van der Waals surface area contributed by atoms with Crippen molar-refractivity contribution in [3.05, 3.63) is 0 Å².